The zero-order valence-electron chi connectivity index (χ0n) is 9.75. The van der Waals surface area contributed by atoms with Gasteiger partial charge in [-0.3, -0.25) is 0 Å². The van der Waals surface area contributed by atoms with Gasteiger partial charge in [-0.15, -0.1) is 0 Å². The molecule has 0 unspecified atom stereocenters. The molecule has 1 aromatic rings. The summed E-state index contributed by atoms with van der Waals surface area (Å²) < 4.78 is 41.0. The van der Waals surface area contributed by atoms with Gasteiger partial charge in [0, 0.05) is 6.54 Å². The maximum absolute atomic E-state index is 11.9. The molecule has 0 aromatic carbocycles. The second-order valence-electron chi connectivity index (χ2n) is 3.67. The van der Waals surface area contributed by atoms with Crippen LogP contribution < -0.4 is 10.1 Å². The van der Waals surface area contributed by atoms with Crippen LogP contribution in [0.3, 0.4) is 0 Å². The zero-order valence-corrected chi connectivity index (χ0v) is 10.5. The summed E-state index contributed by atoms with van der Waals surface area (Å²) >= 11 is 5.60. The summed E-state index contributed by atoms with van der Waals surface area (Å²) in [7, 11) is 0. The van der Waals surface area contributed by atoms with Crippen LogP contribution in [0.5, 0.6) is 6.01 Å². The van der Waals surface area contributed by atoms with Gasteiger partial charge in [0.25, 0.3) is 0 Å². The minimum absolute atomic E-state index is 0.0282. The van der Waals surface area contributed by atoms with Crippen LogP contribution in [0.2, 0.25) is 5.28 Å². The Labute approximate surface area is 107 Å². The van der Waals surface area contributed by atoms with Crippen LogP contribution in [-0.2, 0) is 0 Å². The van der Waals surface area contributed by atoms with Gasteiger partial charge in [0.2, 0.25) is 11.2 Å². The molecule has 0 spiro atoms. The molecule has 5 nitrogen and oxygen atoms in total. The molecule has 102 valence electrons. The topological polar surface area (TPSA) is 59.9 Å². The lowest BCUT2D eigenvalue weighted by molar-refractivity contribution is -0.131. The van der Waals surface area contributed by atoms with Gasteiger partial charge in [-0.05, 0) is 25.4 Å². The van der Waals surface area contributed by atoms with Gasteiger partial charge >= 0.3 is 12.2 Å². The van der Waals surface area contributed by atoms with Crippen molar-refractivity contribution in [2.45, 2.75) is 32.5 Å². The van der Waals surface area contributed by atoms with E-state index in [4.69, 9.17) is 16.3 Å². The van der Waals surface area contributed by atoms with Crippen molar-refractivity contribution in [3.63, 3.8) is 0 Å². The molecule has 18 heavy (non-hydrogen) atoms. The van der Waals surface area contributed by atoms with Crippen molar-refractivity contribution in [1.29, 1.82) is 0 Å². The van der Waals surface area contributed by atoms with Crippen molar-refractivity contribution in [2.75, 3.05) is 11.9 Å². The Morgan fingerprint density at radius 2 is 1.94 bits per heavy atom. The molecule has 1 heterocycles. The fraction of sp³-hybridized carbons (Fsp3) is 0.667. The van der Waals surface area contributed by atoms with E-state index >= 15 is 0 Å². The molecule has 0 aliphatic heterocycles. The Balaban J connectivity index is 2.62. The maximum atomic E-state index is 11.9. The van der Waals surface area contributed by atoms with Crippen molar-refractivity contribution >= 4 is 17.5 Å². The molecule has 0 saturated heterocycles. The summed E-state index contributed by atoms with van der Waals surface area (Å²) in [5, 5.41) is 2.27. The van der Waals surface area contributed by atoms with Gasteiger partial charge < -0.3 is 10.1 Å². The normalized spacial score (nSPS) is 11.7. The summed E-state index contributed by atoms with van der Waals surface area (Å²) in [6.45, 7) is 3.17. The quantitative estimate of drug-likeness (QED) is 0.901. The number of aromatic nitrogens is 3. The van der Waals surface area contributed by atoms with Crippen LogP contribution in [0.1, 0.15) is 20.3 Å². The van der Waals surface area contributed by atoms with Gasteiger partial charge in [0.05, 0.1) is 12.5 Å². The maximum Gasteiger partial charge on any atom is 0.390 e. The first-order chi connectivity index (χ1) is 8.26. The number of hydrogen-bond donors (Lipinski definition) is 1. The van der Waals surface area contributed by atoms with Crippen molar-refractivity contribution in [3.05, 3.63) is 5.28 Å². The number of ether oxygens (including phenoxy) is 1. The van der Waals surface area contributed by atoms with E-state index < -0.39 is 12.6 Å². The third kappa shape index (κ3) is 5.85. The van der Waals surface area contributed by atoms with Crippen LogP contribution in [0.15, 0.2) is 0 Å². The fourth-order valence-corrected chi connectivity index (χ4v) is 1.14. The van der Waals surface area contributed by atoms with E-state index in [0.29, 0.717) is 0 Å². The minimum Gasteiger partial charge on any atom is -0.461 e. The van der Waals surface area contributed by atoms with Gasteiger partial charge in [-0.25, -0.2) is 0 Å². The Kier molecular flexibility index (Phi) is 4.94. The molecule has 1 rings (SSSR count). The third-order valence-electron chi connectivity index (χ3n) is 1.62. The highest BCUT2D eigenvalue weighted by Crippen LogP contribution is 2.19. The molecule has 0 amide bonds. The lowest BCUT2D eigenvalue weighted by Crippen LogP contribution is -2.16. The predicted octanol–water partition coefficient (Wildman–Crippen LogP) is 2.68. The van der Waals surface area contributed by atoms with Gasteiger partial charge in [0.15, 0.2) is 0 Å². The summed E-state index contributed by atoms with van der Waals surface area (Å²) in [6, 6.07) is -0.0282. The SMILES string of the molecule is CC(C)Oc1nc(Cl)nc(NCCC(F)(F)F)n1. The zero-order chi connectivity index (χ0) is 13.8. The molecular weight excluding hydrogens is 273 g/mol. The Bertz CT molecular complexity index is 400. The number of rotatable bonds is 5. The molecule has 0 aliphatic carbocycles. The summed E-state index contributed by atoms with van der Waals surface area (Å²) in [4.78, 5) is 11.1. The highest BCUT2D eigenvalue weighted by molar-refractivity contribution is 6.28. The number of hydrogen-bond acceptors (Lipinski definition) is 5. The summed E-state index contributed by atoms with van der Waals surface area (Å²) in [6.07, 6.45) is -5.40. The monoisotopic (exact) mass is 284 g/mol. The summed E-state index contributed by atoms with van der Waals surface area (Å²) in [5.74, 6) is -0.0464. The average Bonchev–Trinajstić information content (AvgIpc) is 2.12. The van der Waals surface area contributed by atoms with Crippen LogP contribution in [-0.4, -0.2) is 33.8 Å². The van der Waals surface area contributed by atoms with Gasteiger partial charge in [0.1, 0.15) is 0 Å². The number of nitrogens with zero attached hydrogens (tertiary/aromatic N) is 3. The van der Waals surface area contributed by atoms with E-state index in [2.05, 4.69) is 20.3 Å². The minimum atomic E-state index is -4.24. The second kappa shape index (κ2) is 6.03. The van der Waals surface area contributed by atoms with E-state index in [9.17, 15) is 13.2 Å². The smallest absolute Gasteiger partial charge is 0.390 e. The third-order valence-corrected chi connectivity index (χ3v) is 1.79. The van der Waals surface area contributed by atoms with Crippen molar-refractivity contribution in [1.82, 2.24) is 15.0 Å². The second-order valence-corrected chi connectivity index (χ2v) is 4.01. The van der Waals surface area contributed by atoms with Gasteiger partial charge in [-0.1, -0.05) is 0 Å². The van der Waals surface area contributed by atoms with E-state index in [1.807, 2.05) is 0 Å². The first-order valence-corrected chi connectivity index (χ1v) is 5.53. The van der Waals surface area contributed by atoms with Crippen molar-refractivity contribution in [3.8, 4) is 6.01 Å². The molecule has 0 radical (unpaired) electrons. The standard InChI is InChI=1S/C9H12ClF3N4O/c1-5(2)18-8-16-6(10)15-7(17-8)14-4-3-9(11,12)13/h5H,3-4H2,1-2H3,(H,14,15,16,17). The first-order valence-electron chi connectivity index (χ1n) is 5.15. The molecule has 1 aromatic heterocycles. The number of nitrogens with one attached hydrogen (secondary N) is 1. The molecule has 0 fully saturated rings. The van der Waals surface area contributed by atoms with Crippen LogP contribution in [0.25, 0.3) is 0 Å². The van der Waals surface area contributed by atoms with Crippen molar-refractivity contribution < 1.29 is 17.9 Å². The summed E-state index contributed by atoms with van der Waals surface area (Å²) in [5.41, 5.74) is 0. The van der Waals surface area contributed by atoms with E-state index in [1.165, 1.54) is 0 Å². The van der Waals surface area contributed by atoms with Crippen LogP contribution in [0.4, 0.5) is 19.1 Å². The average molecular weight is 285 g/mol. The number of anilines is 1. The number of alkyl halides is 3. The highest BCUT2D eigenvalue weighted by Gasteiger charge is 2.26. The fourth-order valence-electron chi connectivity index (χ4n) is 0.991. The van der Waals surface area contributed by atoms with Crippen LogP contribution in [0, 0.1) is 0 Å². The first kappa shape index (κ1) is 14.7. The largest absolute Gasteiger partial charge is 0.461 e. The molecule has 0 bridgehead atoms. The van der Waals surface area contributed by atoms with Crippen molar-refractivity contribution in [2.24, 2.45) is 0 Å². The molecule has 0 atom stereocenters. The molecule has 0 saturated carbocycles. The Hall–Kier alpha value is -1.31. The lowest BCUT2D eigenvalue weighted by Gasteiger charge is -2.10. The lowest BCUT2D eigenvalue weighted by atomic mass is 10.4. The predicted molar refractivity (Wildman–Crippen MR) is 59.8 cm³/mol. The van der Waals surface area contributed by atoms with Gasteiger partial charge in [-0.2, -0.15) is 28.1 Å². The van der Waals surface area contributed by atoms with E-state index in [1.54, 1.807) is 13.8 Å². The van der Waals surface area contributed by atoms with E-state index in [-0.39, 0.29) is 29.9 Å². The number of halogens is 4. The van der Waals surface area contributed by atoms with E-state index in [0.717, 1.165) is 0 Å². The van der Waals surface area contributed by atoms with Crippen LogP contribution >= 0.6 is 11.6 Å². The molecular formula is C9H12ClF3N4O. The Morgan fingerprint density at radius 3 is 2.50 bits per heavy atom. The molecule has 0 aliphatic rings. The molecule has 1 N–H and O–H groups in total. The molecule has 9 heteroatoms. The Morgan fingerprint density at radius 1 is 1.28 bits per heavy atom. The highest BCUT2D eigenvalue weighted by atomic mass is 35.5.